The van der Waals surface area contributed by atoms with Gasteiger partial charge in [-0.05, 0) is 31.4 Å². The van der Waals surface area contributed by atoms with Crippen molar-refractivity contribution in [3.05, 3.63) is 11.8 Å². The van der Waals surface area contributed by atoms with Crippen molar-refractivity contribution in [1.29, 1.82) is 0 Å². The number of hydrogen-bond acceptors (Lipinski definition) is 2. The van der Waals surface area contributed by atoms with E-state index in [0.717, 1.165) is 25.5 Å². The third-order valence-corrected chi connectivity index (χ3v) is 3.86. The van der Waals surface area contributed by atoms with Gasteiger partial charge in [0.2, 0.25) is 0 Å². The van der Waals surface area contributed by atoms with Crippen LogP contribution in [0.3, 0.4) is 0 Å². The summed E-state index contributed by atoms with van der Waals surface area (Å²) in [6.45, 7) is 4.11. The number of hydrogen-bond donors (Lipinski definition) is 1. The molecule has 2 nitrogen and oxygen atoms in total. The third-order valence-electron chi connectivity index (χ3n) is 3.86. The summed E-state index contributed by atoms with van der Waals surface area (Å²) in [5, 5.41) is 3.56. The fourth-order valence-electron chi connectivity index (χ4n) is 2.97. The Bertz CT molecular complexity index is 231. The van der Waals surface area contributed by atoms with Crippen LogP contribution in [0.15, 0.2) is 11.8 Å². The standard InChI is InChI=1S/C14H25NO/c1-2-15-13(14-8-5-11-16-14)10-9-12-6-3-4-7-12/h8,12-13,15H,2-7,9-11H2,1H3. The van der Waals surface area contributed by atoms with E-state index in [9.17, 15) is 0 Å². The van der Waals surface area contributed by atoms with Gasteiger partial charge in [-0.15, -0.1) is 0 Å². The summed E-state index contributed by atoms with van der Waals surface area (Å²) in [5.41, 5.74) is 0. The maximum Gasteiger partial charge on any atom is 0.109 e. The SMILES string of the molecule is CCNC(CCC1CCCC1)C1=CCCO1. The number of rotatable bonds is 6. The highest BCUT2D eigenvalue weighted by atomic mass is 16.5. The first-order chi connectivity index (χ1) is 7.90. The lowest BCUT2D eigenvalue weighted by Gasteiger charge is -2.20. The Morgan fingerprint density at radius 1 is 1.44 bits per heavy atom. The highest BCUT2D eigenvalue weighted by molar-refractivity contribution is 5.07. The molecule has 0 aromatic rings. The van der Waals surface area contributed by atoms with Crippen LogP contribution in [0.25, 0.3) is 0 Å². The normalized spacial score (nSPS) is 23.2. The Morgan fingerprint density at radius 2 is 2.25 bits per heavy atom. The highest BCUT2D eigenvalue weighted by Crippen LogP contribution is 2.30. The molecule has 92 valence electrons. The van der Waals surface area contributed by atoms with E-state index in [1.165, 1.54) is 44.3 Å². The fourth-order valence-corrected chi connectivity index (χ4v) is 2.97. The molecule has 0 spiro atoms. The van der Waals surface area contributed by atoms with Crippen molar-refractivity contribution in [1.82, 2.24) is 5.32 Å². The molecule has 0 saturated heterocycles. The van der Waals surface area contributed by atoms with Gasteiger partial charge in [0.25, 0.3) is 0 Å². The molecular weight excluding hydrogens is 198 g/mol. The second kappa shape index (κ2) is 6.29. The van der Waals surface area contributed by atoms with Gasteiger partial charge in [0.15, 0.2) is 0 Å². The second-order valence-corrected chi connectivity index (χ2v) is 5.08. The van der Waals surface area contributed by atoms with Crippen LogP contribution in [0.1, 0.15) is 51.9 Å². The predicted octanol–water partition coefficient (Wildman–Crippen LogP) is 3.24. The van der Waals surface area contributed by atoms with E-state index in [2.05, 4.69) is 18.3 Å². The van der Waals surface area contributed by atoms with Crippen molar-refractivity contribution in [2.24, 2.45) is 5.92 Å². The number of ether oxygens (including phenoxy) is 1. The molecule has 16 heavy (non-hydrogen) atoms. The molecule has 0 aromatic carbocycles. The molecule has 1 N–H and O–H groups in total. The largest absolute Gasteiger partial charge is 0.496 e. The van der Waals surface area contributed by atoms with Gasteiger partial charge < -0.3 is 10.1 Å². The topological polar surface area (TPSA) is 21.3 Å². The van der Waals surface area contributed by atoms with Gasteiger partial charge in [-0.25, -0.2) is 0 Å². The Kier molecular flexibility index (Phi) is 4.70. The summed E-state index contributed by atoms with van der Waals surface area (Å²) in [5.74, 6) is 2.20. The summed E-state index contributed by atoms with van der Waals surface area (Å²) in [6.07, 6.45) is 11.8. The summed E-state index contributed by atoms with van der Waals surface area (Å²) >= 11 is 0. The molecule has 1 atom stereocenters. The van der Waals surface area contributed by atoms with Gasteiger partial charge >= 0.3 is 0 Å². The van der Waals surface area contributed by atoms with E-state index in [0.29, 0.717) is 6.04 Å². The summed E-state index contributed by atoms with van der Waals surface area (Å²) in [6, 6.07) is 0.480. The molecule has 1 aliphatic carbocycles. The van der Waals surface area contributed by atoms with E-state index < -0.39 is 0 Å². The first-order valence-corrected chi connectivity index (χ1v) is 6.96. The molecule has 2 heteroatoms. The first-order valence-electron chi connectivity index (χ1n) is 6.96. The molecule has 2 rings (SSSR count). The zero-order chi connectivity index (χ0) is 11.2. The molecule has 0 radical (unpaired) electrons. The minimum atomic E-state index is 0.480. The van der Waals surface area contributed by atoms with Crippen molar-refractivity contribution in [2.45, 2.75) is 57.9 Å². The van der Waals surface area contributed by atoms with Crippen LogP contribution in [-0.2, 0) is 4.74 Å². The average molecular weight is 223 g/mol. The first kappa shape index (κ1) is 12.0. The Hall–Kier alpha value is -0.500. The zero-order valence-corrected chi connectivity index (χ0v) is 10.5. The lowest BCUT2D eigenvalue weighted by Crippen LogP contribution is -2.31. The van der Waals surface area contributed by atoms with Crippen molar-refractivity contribution in [2.75, 3.05) is 13.2 Å². The van der Waals surface area contributed by atoms with Crippen LogP contribution >= 0.6 is 0 Å². The van der Waals surface area contributed by atoms with Crippen molar-refractivity contribution >= 4 is 0 Å². The van der Waals surface area contributed by atoms with Gasteiger partial charge in [-0.2, -0.15) is 0 Å². The molecule has 2 aliphatic rings. The van der Waals surface area contributed by atoms with Crippen molar-refractivity contribution in [3.8, 4) is 0 Å². The lowest BCUT2D eigenvalue weighted by molar-refractivity contribution is 0.209. The molecule has 1 heterocycles. The van der Waals surface area contributed by atoms with Crippen LogP contribution < -0.4 is 5.32 Å². The molecule has 1 fully saturated rings. The molecule has 0 bridgehead atoms. The lowest BCUT2D eigenvalue weighted by atomic mass is 9.97. The predicted molar refractivity (Wildman–Crippen MR) is 67.3 cm³/mol. The maximum absolute atomic E-state index is 5.68. The zero-order valence-electron chi connectivity index (χ0n) is 10.5. The van der Waals surface area contributed by atoms with E-state index in [-0.39, 0.29) is 0 Å². The smallest absolute Gasteiger partial charge is 0.109 e. The van der Waals surface area contributed by atoms with E-state index in [1.807, 2.05) is 0 Å². The van der Waals surface area contributed by atoms with Gasteiger partial charge in [0.1, 0.15) is 5.76 Å². The molecule has 1 unspecified atom stereocenters. The third kappa shape index (κ3) is 3.24. The maximum atomic E-state index is 5.68. The Morgan fingerprint density at radius 3 is 2.88 bits per heavy atom. The summed E-state index contributed by atoms with van der Waals surface area (Å²) in [7, 11) is 0. The highest BCUT2D eigenvalue weighted by Gasteiger charge is 2.21. The number of likely N-dealkylation sites (N-methyl/N-ethyl adjacent to an activating group) is 1. The minimum Gasteiger partial charge on any atom is -0.496 e. The molecule has 1 saturated carbocycles. The van der Waals surface area contributed by atoms with Crippen LogP contribution in [0, 0.1) is 5.92 Å². The van der Waals surface area contributed by atoms with Gasteiger partial charge in [0.05, 0.1) is 12.6 Å². The monoisotopic (exact) mass is 223 g/mol. The van der Waals surface area contributed by atoms with Crippen LogP contribution in [0.5, 0.6) is 0 Å². The van der Waals surface area contributed by atoms with Crippen molar-refractivity contribution < 1.29 is 4.74 Å². The van der Waals surface area contributed by atoms with Crippen LogP contribution in [0.2, 0.25) is 0 Å². The van der Waals surface area contributed by atoms with Crippen LogP contribution in [0.4, 0.5) is 0 Å². The molecular formula is C14H25NO. The van der Waals surface area contributed by atoms with Crippen LogP contribution in [-0.4, -0.2) is 19.2 Å². The molecule has 1 aliphatic heterocycles. The summed E-state index contributed by atoms with van der Waals surface area (Å²) in [4.78, 5) is 0. The van der Waals surface area contributed by atoms with E-state index in [1.54, 1.807) is 0 Å². The van der Waals surface area contributed by atoms with E-state index in [4.69, 9.17) is 4.74 Å². The quantitative estimate of drug-likeness (QED) is 0.746. The van der Waals surface area contributed by atoms with E-state index >= 15 is 0 Å². The van der Waals surface area contributed by atoms with Gasteiger partial charge in [-0.1, -0.05) is 32.6 Å². The molecule has 0 aromatic heterocycles. The number of nitrogens with one attached hydrogen (secondary N) is 1. The van der Waals surface area contributed by atoms with Crippen molar-refractivity contribution in [3.63, 3.8) is 0 Å². The summed E-state index contributed by atoms with van der Waals surface area (Å²) < 4.78 is 5.68. The molecule has 0 amide bonds. The second-order valence-electron chi connectivity index (χ2n) is 5.08. The minimum absolute atomic E-state index is 0.480. The van der Waals surface area contributed by atoms with Gasteiger partial charge in [0, 0.05) is 6.42 Å². The van der Waals surface area contributed by atoms with Gasteiger partial charge in [-0.3, -0.25) is 0 Å². The fraction of sp³-hybridized carbons (Fsp3) is 0.857. The average Bonchev–Trinajstić information content (AvgIpc) is 2.96. The Labute approximate surface area is 99.4 Å². The Balaban J connectivity index is 1.77.